The SMILES string of the molecule is CC(C)C1(CNC(=O)c2ccc(S)cc2)CC1. The van der Waals surface area contributed by atoms with Gasteiger partial charge in [0.05, 0.1) is 0 Å². The van der Waals surface area contributed by atoms with E-state index in [1.807, 2.05) is 24.3 Å². The molecule has 1 aliphatic rings. The first-order valence-electron chi connectivity index (χ1n) is 6.11. The quantitative estimate of drug-likeness (QED) is 0.789. The van der Waals surface area contributed by atoms with Crippen molar-refractivity contribution in [2.75, 3.05) is 6.54 Å². The summed E-state index contributed by atoms with van der Waals surface area (Å²) in [6.45, 7) is 5.26. The molecule has 1 aromatic rings. The van der Waals surface area contributed by atoms with Crippen molar-refractivity contribution in [1.82, 2.24) is 5.32 Å². The molecule has 2 rings (SSSR count). The van der Waals surface area contributed by atoms with Crippen LogP contribution in [0.15, 0.2) is 29.2 Å². The molecule has 0 bridgehead atoms. The predicted molar refractivity (Wildman–Crippen MR) is 72.5 cm³/mol. The number of hydrogen-bond donors (Lipinski definition) is 2. The van der Waals surface area contributed by atoms with Gasteiger partial charge in [0, 0.05) is 17.0 Å². The molecule has 0 saturated heterocycles. The number of hydrogen-bond acceptors (Lipinski definition) is 2. The van der Waals surface area contributed by atoms with Crippen LogP contribution in [0.25, 0.3) is 0 Å². The minimum atomic E-state index is 0.0188. The lowest BCUT2D eigenvalue weighted by Gasteiger charge is -2.19. The first kappa shape index (κ1) is 12.5. The maximum Gasteiger partial charge on any atom is 0.251 e. The van der Waals surface area contributed by atoms with Gasteiger partial charge < -0.3 is 5.32 Å². The van der Waals surface area contributed by atoms with Crippen LogP contribution in [0.3, 0.4) is 0 Å². The van der Waals surface area contributed by atoms with Crippen LogP contribution in [0.4, 0.5) is 0 Å². The third kappa shape index (κ3) is 2.83. The van der Waals surface area contributed by atoms with Crippen molar-refractivity contribution in [3.8, 4) is 0 Å². The standard InChI is InChI=1S/C14H19NOS/c1-10(2)14(7-8-14)9-15-13(16)11-3-5-12(17)6-4-11/h3-6,10,17H,7-9H2,1-2H3,(H,15,16). The number of carbonyl (C=O) groups is 1. The zero-order valence-corrected chi connectivity index (χ0v) is 11.3. The second-order valence-corrected chi connectivity index (χ2v) is 5.76. The van der Waals surface area contributed by atoms with Crippen molar-refractivity contribution < 1.29 is 4.79 Å². The monoisotopic (exact) mass is 249 g/mol. The molecule has 0 heterocycles. The highest BCUT2D eigenvalue weighted by Crippen LogP contribution is 2.51. The van der Waals surface area contributed by atoms with Crippen LogP contribution >= 0.6 is 12.6 Å². The molecule has 2 nitrogen and oxygen atoms in total. The number of nitrogens with one attached hydrogen (secondary N) is 1. The Morgan fingerprint density at radius 1 is 1.35 bits per heavy atom. The van der Waals surface area contributed by atoms with Gasteiger partial charge in [0.1, 0.15) is 0 Å². The summed E-state index contributed by atoms with van der Waals surface area (Å²) in [5, 5.41) is 3.04. The number of rotatable bonds is 4. The molecule has 1 amide bonds. The topological polar surface area (TPSA) is 29.1 Å². The molecule has 1 aliphatic carbocycles. The van der Waals surface area contributed by atoms with Gasteiger partial charge >= 0.3 is 0 Å². The molecule has 0 aromatic heterocycles. The minimum absolute atomic E-state index is 0.0188. The largest absolute Gasteiger partial charge is 0.351 e. The highest BCUT2D eigenvalue weighted by atomic mass is 32.1. The Morgan fingerprint density at radius 2 is 1.94 bits per heavy atom. The van der Waals surface area contributed by atoms with E-state index in [1.165, 1.54) is 12.8 Å². The van der Waals surface area contributed by atoms with Gasteiger partial charge in [-0.15, -0.1) is 12.6 Å². The normalized spacial score (nSPS) is 16.9. The van der Waals surface area contributed by atoms with Crippen molar-refractivity contribution in [1.29, 1.82) is 0 Å². The molecule has 17 heavy (non-hydrogen) atoms. The zero-order chi connectivity index (χ0) is 12.5. The molecule has 0 aliphatic heterocycles. The van der Waals surface area contributed by atoms with Gasteiger partial charge in [-0.2, -0.15) is 0 Å². The Labute approximate surface area is 108 Å². The summed E-state index contributed by atoms with van der Waals surface area (Å²) in [6, 6.07) is 7.31. The van der Waals surface area contributed by atoms with E-state index >= 15 is 0 Å². The van der Waals surface area contributed by atoms with Gasteiger partial charge in [-0.05, 0) is 48.4 Å². The van der Waals surface area contributed by atoms with Crippen molar-refractivity contribution in [2.24, 2.45) is 11.3 Å². The number of carbonyl (C=O) groups excluding carboxylic acids is 1. The highest BCUT2D eigenvalue weighted by Gasteiger charge is 2.45. The van der Waals surface area contributed by atoms with E-state index in [9.17, 15) is 4.79 Å². The summed E-state index contributed by atoms with van der Waals surface area (Å²) in [5.41, 5.74) is 1.07. The molecule has 1 N–H and O–H groups in total. The lowest BCUT2D eigenvalue weighted by atomic mass is 9.92. The number of amides is 1. The molecule has 1 aromatic carbocycles. The molecular formula is C14H19NOS. The average molecular weight is 249 g/mol. The van der Waals surface area contributed by atoms with Gasteiger partial charge in [-0.25, -0.2) is 0 Å². The Bertz CT molecular complexity index is 407. The summed E-state index contributed by atoms with van der Waals surface area (Å²) in [4.78, 5) is 12.8. The van der Waals surface area contributed by atoms with Gasteiger partial charge in [-0.3, -0.25) is 4.79 Å². The van der Waals surface area contributed by atoms with Crippen molar-refractivity contribution in [2.45, 2.75) is 31.6 Å². The van der Waals surface area contributed by atoms with E-state index in [0.717, 1.165) is 11.4 Å². The summed E-state index contributed by atoms with van der Waals surface area (Å²) in [6.07, 6.45) is 2.47. The van der Waals surface area contributed by atoms with E-state index in [2.05, 4.69) is 31.8 Å². The van der Waals surface area contributed by atoms with Crippen LogP contribution in [-0.4, -0.2) is 12.5 Å². The number of benzene rings is 1. The molecule has 0 radical (unpaired) electrons. The molecule has 1 fully saturated rings. The Morgan fingerprint density at radius 3 is 2.41 bits per heavy atom. The highest BCUT2D eigenvalue weighted by molar-refractivity contribution is 7.80. The summed E-state index contributed by atoms with van der Waals surface area (Å²) >= 11 is 4.20. The van der Waals surface area contributed by atoms with E-state index in [1.54, 1.807) is 0 Å². The molecular weight excluding hydrogens is 230 g/mol. The number of thiol groups is 1. The van der Waals surface area contributed by atoms with Crippen LogP contribution in [0, 0.1) is 11.3 Å². The second kappa shape index (κ2) is 4.73. The molecule has 1 saturated carbocycles. The van der Waals surface area contributed by atoms with E-state index in [4.69, 9.17) is 0 Å². The fourth-order valence-corrected chi connectivity index (χ4v) is 2.24. The first-order chi connectivity index (χ1) is 8.03. The smallest absolute Gasteiger partial charge is 0.251 e. The molecule has 92 valence electrons. The summed E-state index contributed by atoms with van der Waals surface area (Å²) < 4.78 is 0. The first-order valence-corrected chi connectivity index (χ1v) is 6.55. The molecule has 0 unspecified atom stereocenters. The lowest BCUT2D eigenvalue weighted by Crippen LogP contribution is -2.32. The van der Waals surface area contributed by atoms with Crippen LogP contribution in [0.5, 0.6) is 0 Å². The maximum absolute atomic E-state index is 11.9. The molecule has 3 heteroatoms. The van der Waals surface area contributed by atoms with E-state index < -0.39 is 0 Å². The maximum atomic E-state index is 11.9. The predicted octanol–water partition coefficient (Wildman–Crippen LogP) is 3.14. The van der Waals surface area contributed by atoms with E-state index in [0.29, 0.717) is 16.9 Å². The van der Waals surface area contributed by atoms with Gasteiger partial charge in [0.25, 0.3) is 5.91 Å². The van der Waals surface area contributed by atoms with Gasteiger partial charge in [0.2, 0.25) is 0 Å². The Hall–Kier alpha value is -0.960. The second-order valence-electron chi connectivity index (χ2n) is 5.25. The fraction of sp³-hybridized carbons (Fsp3) is 0.500. The lowest BCUT2D eigenvalue weighted by molar-refractivity contribution is 0.0939. The van der Waals surface area contributed by atoms with Crippen LogP contribution in [0.1, 0.15) is 37.0 Å². The summed E-state index contributed by atoms with van der Waals surface area (Å²) in [7, 11) is 0. The minimum Gasteiger partial charge on any atom is -0.351 e. The van der Waals surface area contributed by atoms with E-state index in [-0.39, 0.29) is 5.91 Å². The van der Waals surface area contributed by atoms with Gasteiger partial charge in [0.15, 0.2) is 0 Å². The fourth-order valence-electron chi connectivity index (χ4n) is 2.09. The van der Waals surface area contributed by atoms with Crippen molar-refractivity contribution in [3.05, 3.63) is 29.8 Å². The van der Waals surface area contributed by atoms with Crippen LogP contribution in [-0.2, 0) is 0 Å². The van der Waals surface area contributed by atoms with Crippen molar-refractivity contribution >= 4 is 18.5 Å². The average Bonchev–Trinajstić information content (AvgIpc) is 3.08. The van der Waals surface area contributed by atoms with Crippen LogP contribution < -0.4 is 5.32 Å². The zero-order valence-electron chi connectivity index (χ0n) is 10.4. The Kier molecular flexibility index (Phi) is 3.48. The van der Waals surface area contributed by atoms with Crippen molar-refractivity contribution in [3.63, 3.8) is 0 Å². The molecule has 0 atom stereocenters. The van der Waals surface area contributed by atoms with Gasteiger partial charge in [-0.1, -0.05) is 13.8 Å². The van der Waals surface area contributed by atoms with Crippen LogP contribution in [0.2, 0.25) is 0 Å². The molecule has 0 spiro atoms. The third-order valence-electron chi connectivity index (χ3n) is 3.85. The summed E-state index contributed by atoms with van der Waals surface area (Å²) in [5.74, 6) is 0.660. The third-order valence-corrected chi connectivity index (χ3v) is 4.15. The Balaban J connectivity index is 1.92.